The van der Waals surface area contributed by atoms with E-state index in [1.54, 1.807) is 12.1 Å². The van der Waals surface area contributed by atoms with Gasteiger partial charge in [-0.15, -0.1) is 0 Å². The lowest BCUT2D eigenvalue weighted by atomic mass is 9.88. The molecule has 5 heteroatoms. The standard InChI is InChI=1S/C25H29NO4/c27-22-14-11-19(12-15-22)9-10-20-7-4-8-21(17-20)24(28)26-23(25(29)30)16-13-18-5-2-1-3-6-18/h1-8,11-12,14-15,20,23-24,26-28H,9-10,13,16-17H2,(H,29,30)/t20?,23-,24?/m0/s1. The van der Waals surface area contributed by atoms with Gasteiger partial charge in [0.1, 0.15) is 18.0 Å². The second-order valence-electron chi connectivity index (χ2n) is 7.78. The summed E-state index contributed by atoms with van der Waals surface area (Å²) in [5.74, 6) is -0.417. The van der Waals surface area contributed by atoms with Crippen LogP contribution in [0.25, 0.3) is 0 Å². The number of benzene rings is 2. The van der Waals surface area contributed by atoms with Gasteiger partial charge < -0.3 is 15.3 Å². The average Bonchev–Trinajstić information content (AvgIpc) is 2.77. The fourth-order valence-electron chi connectivity index (χ4n) is 3.72. The zero-order valence-electron chi connectivity index (χ0n) is 16.9. The molecule has 0 aliphatic heterocycles. The maximum absolute atomic E-state index is 11.7. The molecule has 0 fully saturated rings. The van der Waals surface area contributed by atoms with Gasteiger partial charge in [0.25, 0.3) is 0 Å². The highest BCUT2D eigenvalue weighted by molar-refractivity contribution is 5.73. The number of aromatic hydroxyl groups is 1. The minimum Gasteiger partial charge on any atom is -0.508 e. The van der Waals surface area contributed by atoms with Gasteiger partial charge in [-0.3, -0.25) is 10.1 Å². The van der Waals surface area contributed by atoms with E-state index in [9.17, 15) is 20.1 Å². The summed E-state index contributed by atoms with van der Waals surface area (Å²) >= 11 is 0. The van der Waals surface area contributed by atoms with Gasteiger partial charge >= 0.3 is 5.97 Å². The number of carboxylic acids is 1. The summed E-state index contributed by atoms with van der Waals surface area (Å²) in [5.41, 5.74) is 3.04. The van der Waals surface area contributed by atoms with Crippen LogP contribution in [0.4, 0.5) is 0 Å². The molecule has 4 N–H and O–H groups in total. The number of aliphatic hydroxyl groups is 1. The lowest BCUT2D eigenvalue weighted by Gasteiger charge is -2.25. The van der Waals surface area contributed by atoms with Crippen LogP contribution in [0.3, 0.4) is 0 Å². The Balaban J connectivity index is 1.51. The first-order valence-corrected chi connectivity index (χ1v) is 10.4. The highest BCUT2D eigenvalue weighted by Crippen LogP contribution is 2.25. The largest absolute Gasteiger partial charge is 0.508 e. The van der Waals surface area contributed by atoms with E-state index in [0.717, 1.165) is 29.5 Å². The summed E-state index contributed by atoms with van der Waals surface area (Å²) in [7, 11) is 0. The highest BCUT2D eigenvalue weighted by atomic mass is 16.4. The molecule has 3 rings (SSSR count). The number of aryl methyl sites for hydroxylation is 2. The van der Waals surface area contributed by atoms with Crippen molar-refractivity contribution in [2.24, 2.45) is 5.92 Å². The number of aliphatic hydroxyl groups excluding tert-OH is 1. The van der Waals surface area contributed by atoms with Crippen molar-refractivity contribution in [3.8, 4) is 5.75 Å². The van der Waals surface area contributed by atoms with E-state index in [1.807, 2.05) is 54.6 Å². The van der Waals surface area contributed by atoms with Crippen molar-refractivity contribution in [3.05, 3.63) is 89.5 Å². The maximum atomic E-state index is 11.7. The SMILES string of the molecule is O=C(O)[C@H](CCc1ccccc1)NC(O)C1=CC=CC(CCc2ccc(O)cc2)C1. The first-order chi connectivity index (χ1) is 14.5. The van der Waals surface area contributed by atoms with Gasteiger partial charge in [0.15, 0.2) is 0 Å². The average molecular weight is 408 g/mol. The van der Waals surface area contributed by atoms with Crippen LogP contribution >= 0.6 is 0 Å². The van der Waals surface area contributed by atoms with Crippen molar-refractivity contribution >= 4 is 5.97 Å². The topological polar surface area (TPSA) is 89.8 Å². The van der Waals surface area contributed by atoms with Gasteiger partial charge in [-0.05, 0) is 66.9 Å². The van der Waals surface area contributed by atoms with Gasteiger partial charge in [0.05, 0.1) is 0 Å². The molecule has 0 aromatic heterocycles. The normalized spacial score (nSPS) is 17.9. The molecule has 0 spiro atoms. The van der Waals surface area contributed by atoms with E-state index < -0.39 is 18.2 Å². The van der Waals surface area contributed by atoms with Crippen LogP contribution in [0.5, 0.6) is 5.75 Å². The molecule has 2 unspecified atom stereocenters. The molecule has 3 atom stereocenters. The molecule has 0 bridgehead atoms. The van der Waals surface area contributed by atoms with Crippen LogP contribution in [-0.4, -0.2) is 33.6 Å². The second kappa shape index (κ2) is 10.8. The quantitative estimate of drug-likeness (QED) is 0.450. The predicted molar refractivity (Wildman–Crippen MR) is 117 cm³/mol. The number of carbonyl (C=O) groups is 1. The molecule has 5 nitrogen and oxygen atoms in total. The number of allylic oxidation sites excluding steroid dienone is 3. The minimum atomic E-state index is -0.983. The lowest BCUT2D eigenvalue weighted by Crippen LogP contribution is -2.44. The Morgan fingerprint density at radius 3 is 2.43 bits per heavy atom. The summed E-state index contributed by atoms with van der Waals surface area (Å²) < 4.78 is 0. The molecule has 1 aliphatic carbocycles. The van der Waals surface area contributed by atoms with Crippen LogP contribution in [0.15, 0.2) is 78.4 Å². The first-order valence-electron chi connectivity index (χ1n) is 10.4. The van der Waals surface area contributed by atoms with Gasteiger partial charge in [-0.25, -0.2) is 0 Å². The Bertz CT molecular complexity index is 874. The number of hydrogen-bond donors (Lipinski definition) is 4. The van der Waals surface area contributed by atoms with E-state index in [0.29, 0.717) is 19.3 Å². The second-order valence-corrected chi connectivity index (χ2v) is 7.78. The van der Waals surface area contributed by atoms with Crippen LogP contribution in [0.2, 0.25) is 0 Å². The smallest absolute Gasteiger partial charge is 0.320 e. The van der Waals surface area contributed by atoms with Crippen molar-refractivity contribution < 1.29 is 20.1 Å². The molecule has 0 saturated carbocycles. The molecule has 0 radical (unpaired) electrons. The van der Waals surface area contributed by atoms with E-state index in [2.05, 4.69) is 11.4 Å². The maximum Gasteiger partial charge on any atom is 0.320 e. The zero-order chi connectivity index (χ0) is 21.3. The van der Waals surface area contributed by atoms with Gasteiger partial charge in [0, 0.05) is 0 Å². The molecule has 0 saturated heterocycles. The number of carboxylic acid groups (broad SMARTS) is 1. The third kappa shape index (κ3) is 6.58. The summed E-state index contributed by atoms with van der Waals surface area (Å²) in [4.78, 5) is 11.7. The first kappa shape index (κ1) is 21.8. The van der Waals surface area contributed by atoms with E-state index in [-0.39, 0.29) is 11.7 Å². The minimum absolute atomic E-state index is 0.260. The van der Waals surface area contributed by atoms with E-state index >= 15 is 0 Å². The molecule has 2 aromatic carbocycles. The van der Waals surface area contributed by atoms with E-state index in [4.69, 9.17) is 0 Å². The number of rotatable bonds is 10. The van der Waals surface area contributed by atoms with Crippen LogP contribution in [0.1, 0.15) is 30.4 Å². The summed E-state index contributed by atoms with van der Waals surface area (Å²) in [6, 6.07) is 16.1. The Kier molecular flexibility index (Phi) is 7.82. The lowest BCUT2D eigenvalue weighted by molar-refractivity contribution is -0.140. The molecular formula is C25H29NO4. The van der Waals surface area contributed by atoms with Crippen LogP contribution in [-0.2, 0) is 17.6 Å². The van der Waals surface area contributed by atoms with Gasteiger partial charge in [-0.2, -0.15) is 0 Å². The highest BCUT2D eigenvalue weighted by Gasteiger charge is 2.24. The predicted octanol–water partition coefficient (Wildman–Crippen LogP) is 3.82. The molecule has 0 heterocycles. The Hall–Kier alpha value is -2.89. The Labute approximate surface area is 177 Å². The molecular weight excluding hydrogens is 378 g/mol. The molecule has 1 aliphatic rings. The number of nitrogens with one attached hydrogen (secondary N) is 1. The summed E-state index contributed by atoms with van der Waals surface area (Å²) in [5, 5.41) is 32.4. The van der Waals surface area contributed by atoms with Crippen molar-refractivity contribution in [2.75, 3.05) is 0 Å². The van der Waals surface area contributed by atoms with Crippen LogP contribution in [0, 0.1) is 5.92 Å². The summed E-state index contributed by atoms with van der Waals surface area (Å²) in [6.07, 6.45) is 8.46. The third-order valence-electron chi connectivity index (χ3n) is 5.50. The Morgan fingerprint density at radius 1 is 1.03 bits per heavy atom. The van der Waals surface area contributed by atoms with Gasteiger partial charge in [0.2, 0.25) is 0 Å². The molecule has 158 valence electrons. The number of phenolic OH excluding ortho intramolecular Hbond substituents is 1. The molecule has 2 aromatic rings. The van der Waals surface area contributed by atoms with Gasteiger partial charge in [-0.1, -0.05) is 60.7 Å². The van der Waals surface area contributed by atoms with Crippen molar-refractivity contribution in [3.63, 3.8) is 0 Å². The van der Waals surface area contributed by atoms with Crippen molar-refractivity contribution in [1.82, 2.24) is 5.32 Å². The fraction of sp³-hybridized carbons (Fsp3) is 0.320. The third-order valence-corrected chi connectivity index (χ3v) is 5.50. The van der Waals surface area contributed by atoms with Crippen LogP contribution < -0.4 is 5.32 Å². The Morgan fingerprint density at radius 2 is 1.73 bits per heavy atom. The van der Waals surface area contributed by atoms with Crippen molar-refractivity contribution in [2.45, 2.75) is 44.4 Å². The number of hydrogen-bond acceptors (Lipinski definition) is 4. The monoisotopic (exact) mass is 407 g/mol. The fourth-order valence-corrected chi connectivity index (χ4v) is 3.72. The summed E-state index contributed by atoms with van der Waals surface area (Å²) in [6.45, 7) is 0. The van der Waals surface area contributed by atoms with Crippen molar-refractivity contribution in [1.29, 1.82) is 0 Å². The number of phenols is 1. The van der Waals surface area contributed by atoms with E-state index in [1.165, 1.54) is 0 Å². The molecule has 0 amide bonds. The zero-order valence-corrected chi connectivity index (χ0v) is 16.9. The number of aliphatic carboxylic acids is 1. The molecule has 30 heavy (non-hydrogen) atoms.